The number of carbonyl (C=O) groups excluding carboxylic acids is 2. The van der Waals surface area contributed by atoms with Gasteiger partial charge in [-0.2, -0.15) is 10.2 Å². The highest BCUT2D eigenvalue weighted by atomic mass is 16.5. The zero-order chi connectivity index (χ0) is 30.5. The molecule has 3 atom stereocenters. The Bertz CT molecular complexity index is 1550. The van der Waals surface area contributed by atoms with Gasteiger partial charge in [-0.15, -0.1) is 0 Å². The Morgan fingerprint density at radius 1 is 0.860 bits per heavy atom. The molecule has 3 aromatic carbocycles. The van der Waals surface area contributed by atoms with E-state index in [-0.39, 0.29) is 17.7 Å². The van der Waals surface area contributed by atoms with Crippen molar-refractivity contribution in [3.63, 3.8) is 0 Å². The Morgan fingerprint density at radius 3 is 1.88 bits per heavy atom. The first-order valence-electron chi connectivity index (χ1n) is 15.0. The molecule has 43 heavy (non-hydrogen) atoms. The maximum atomic E-state index is 14.1. The lowest BCUT2D eigenvalue weighted by molar-refractivity contribution is -0.124. The monoisotopic (exact) mass is 578 g/mol. The maximum Gasteiger partial charge on any atom is 0.256 e. The summed E-state index contributed by atoms with van der Waals surface area (Å²) in [5, 5.41) is 22.7. The first-order valence-corrected chi connectivity index (χ1v) is 15.0. The van der Waals surface area contributed by atoms with E-state index in [0.29, 0.717) is 41.4 Å². The maximum absolute atomic E-state index is 14.1. The minimum atomic E-state index is -0.574. The van der Waals surface area contributed by atoms with E-state index in [1.807, 2.05) is 94.4 Å². The van der Waals surface area contributed by atoms with E-state index in [0.717, 1.165) is 35.3 Å². The van der Waals surface area contributed by atoms with Crippen LogP contribution in [-0.4, -0.2) is 33.9 Å². The number of hydrogen-bond acceptors (Lipinski definition) is 6. The van der Waals surface area contributed by atoms with Gasteiger partial charge in [0.1, 0.15) is 17.1 Å². The van der Waals surface area contributed by atoms with Crippen LogP contribution in [0.1, 0.15) is 56.7 Å². The fourth-order valence-electron chi connectivity index (χ4n) is 6.79. The smallest absolute Gasteiger partial charge is 0.256 e. The second-order valence-electron chi connectivity index (χ2n) is 12.3. The zero-order valence-electron chi connectivity index (χ0n) is 25.4. The lowest BCUT2D eigenvalue weighted by Gasteiger charge is -2.39. The summed E-state index contributed by atoms with van der Waals surface area (Å²) in [6.07, 6.45) is 2.75. The molecule has 6 rings (SSSR count). The van der Waals surface area contributed by atoms with Crippen LogP contribution in [0.3, 0.4) is 0 Å². The highest BCUT2D eigenvalue weighted by molar-refractivity contribution is 6.18. The SMILES string of the molecule is CC1=NN(c2ccccc2)C(=O)C1C(CCC1(C)CCc2cc(O)c(C)c(C)c2O1)C1C(=O)N(c2ccccc2)N=C1C. The van der Waals surface area contributed by atoms with Crippen molar-refractivity contribution in [2.45, 2.75) is 65.9 Å². The highest BCUT2D eigenvalue weighted by Gasteiger charge is 2.50. The number of hydrogen-bond donors (Lipinski definition) is 1. The van der Waals surface area contributed by atoms with Crippen molar-refractivity contribution < 1.29 is 19.4 Å². The summed E-state index contributed by atoms with van der Waals surface area (Å²) in [5.74, 6) is -0.650. The Hall–Kier alpha value is -4.46. The van der Waals surface area contributed by atoms with Crippen molar-refractivity contribution in [1.29, 1.82) is 0 Å². The van der Waals surface area contributed by atoms with Crippen LogP contribution >= 0.6 is 0 Å². The van der Waals surface area contributed by atoms with Gasteiger partial charge in [-0.3, -0.25) is 9.59 Å². The van der Waals surface area contributed by atoms with Gasteiger partial charge in [-0.05, 0) is 113 Å². The molecule has 3 aliphatic rings. The van der Waals surface area contributed by atoms with Crippen molar-refractivity contribution in [3.05, 3.63) is 83.4 Å². The zero-order valence-corrected chi connectivity index (χ0v) is 25.4. The number of amides is 2. The van der Waals surface area contributed by atoms with E-state index in [1.54, 1.807) is 0 Å². The average Bonchev–Trinajstić information content (AvgIpc) is 3.47. The Balaban J connectivity index is 1.32. The number of fused-ring (bicyclic) bond motifs is 1. The van der Waals surface area contributed by atoms with Crippen molar-refractivity contribution in [2.75, 3.05) is 10.0 Å². The molecule has 3 unspecified atom stereocenters. The lowest BCUT2D eigenvalue weighted by Crippen LogP contribution is -2.43. The Morgan fingerprint density at radius 2 is 1.37 bits per heavy atom. The molecule has 222 valence electrons. The van der Waals surface area contributed by atoms with Crippen LogP contribution in [0, 0.1) is 31.6 Å². The van der Waals surface area contributed by atoms with Crippen LogP contribution in [0.5, 0.6) is 11.5 Å². The van der Waals surface area contributed by atoms with E-state index in [1.165, 1.54) is 10.0 Å². The first kappa shape index (κ1) is 28.6. The number of ether oxygens (including phenoxy) is 1. The van der Waals surface area contributed by atoms with E-state index < -0.39 is 17.4 Å². The van der Waals surface area contributed by atoms with Crippen molar-refractivity contribution >= 4 is 34.6 Å². The summed E-state index contributed by atoms with van der Waals surface area (Å²) in [6.45, 7) is 9.75. The molecule has 0 saturated heterocycles. The molecule has 3 aromatic rings. The van der Waals surface area contributed by atoms with E-state index in [9.17, 15) is 14.7 Å². The number of phenolic OH excluding ortho intramolecular Hbond substituents is 1. The summed E-state index contributed by atoms with van der Waals surface area (Å²) in [7, 11) is 0. The van der Waals surface area contributed by atoms with Gasteiger partial charge in [0.05, 0.1) is 23.2 Å². The molecule has 0 aromatic heterocycles. The van der Waals surface area contributed by atoms with Gasteiger partial charge in [0.25, 0.3) is 11.8 Å². The summed E-state index contributed by atoms with van der Waals surface area (Å²) in [6, 6.07) is 20.6. The number of aromatic hydroxyl groups is 1. The number of phenols is 1. The molecule has 0 bridgehead atoms. The third kappa shape index (κ3) is 5.09. The van der Waals surface area contributed by atoms with Gasteiger partial charge in [0.15, 0.2) is 0 Å². The molecular weight excluding hydrogens is 540 g/mol. The average molecular weight is 579 g/mol. The van der Waals surface area contributed by atoms with E-state index >= 15 is 0 Å². The Kier molecular flexibility index (Phi) is 7.32. The van der Waals surface area contributed by atoms with Gasteiger partial charge >= 0.3 is 0 Å². The number of hydrazone groups is 2. The van der Waals surface area contributed by atoms with Gasteiger partial charge in [-0.1, -0.05) is 36.4 Å². The fourth-order valence-corrected chi connectivity index (χ4v) is 6.79. The van der Waals surface area contributed by atoms with Crippen molar-refractivity contribution in [3.8, 4) is 11.5 Å². The van der Waals surface area contributed by atoms with Crippen LogP contribution in [0.4, 0.5) is 11.4 Å². The molecule has 1 N–H and O–H groups in total. The molecule has 8 heteroatoms. The molecule has 0 aliphatic carbocycles. The first-order chi connectivity index (χ1) is 20.6. The number of carbonyl (C=O) groups is 2. The summed E-state index contributed by atoms with van der Waals surface area (Å²) >= 11 is 0. The molecule has 0 fully saturated rings. The molecule has 0 saturated carbocycles. The summed E-state index contributed by atoms with van der Waals surface area (Å²) in [4.78, 5) is 28.2. The second-order valence-corrected chi connectivity index (χ2v) is 12.3. The summed E-state index contributed by atoms with van der Waals surface area (Å²) in [5.41, 5.74) is 5.06. The highest BCUT2D eigenvalue weighted by Crippen LogP contribution is 2.45. The number of nitrogens with zero attached hydrogens (tertiary/aromatic N) is 4. The fraction of sp³-hybridized carbons (Fsp3) is 0.371. The number of anilines is 2. The number of para-hydroxylation sites is 2. The minimum Gasteiger partial charge on any atom is -0.508 e. The van der Waals surface area contributed by atoms with Crippen LogP contribution in [0.25, 0.3) is 0 Å². The molecule has 0 spiro atoms. The van der Waals surface area contributed by atoms with Gasteiger partial charge in [0, 0.05) is 11.4 Å². The molecular formula is C35H38N4O4. The lowest BCUT2D eigenvalue weighted by atomic mass is 9.72. The molecule has 2 amide bonds. The third-order valence-electron chi connectivity index (χ3n) is 9.39. The van der Waals surface area contributed by atoms with Gasteiger partial charge in [0.2, 0.25) is 0 Å². The predicted molar refractivity (Wildman–Crippen MR) is 169 cm³/mol. The number of benzene rings is 3. The number of rotatable bonds is 7. The van der Waals surface area contributed by atoms with Gasteiger partial charge in [-0.25, -0.2) is 10.0 Å². The van der Waals surface area contributed by atoms with Crippen LogP contribution in [0.15, 0.2) is 76.9 Å². The molecule has 8 nitrogen and oxygen atoms in total. The van der Waals surface area contributed by atoms with E-state index in [2.05, 4.69) is 6.92 Å². The summed E-state index contributed by atoms with van der Waals surface area (Å²) < 4.78 is 6.69. The quantitative estimate of drug-likeness (QED) is 0.343. The van der Waals surface area contributed by atoms with Crippen LogP contribution in [-0.2, 0) is 16.0 Å². The van der Waals surface area contributed by atoms with Crippen LogP contribution < -0.4 is 14.8 Å². The van der Waals surface area contributed by atoms with Crippen molar-refractivity contribution in [1.82, 2.24) is 0 Å². The van der Waals surface area contributed by atoms with Gasteiger partial charge < -0.3 is 9.84 Å². The standard InChI is InChI=1S/C35H38N4O4/c1-21-22(2)32-25(20-29(21)40)16-18-35(5,43-32)19-17-28(30-23(3)36-38(33(30)41)26-12-8-6-9-13-26)31-24(4)37-39(34(31)42)27-14-10-7-11-15-27/h6-15,20,28,30-31,40H,16-19H2,1-5H3. The largest absolute Gasteiger partial charge is 0.508 e. The minimum absolute atomic E-state index is 0.130. The molecule has 3 aliphatic heterocycles. The predicted octanol–water partition coefficient (Wildman–Crippen LogP) is 6.57. The Labute approximate surface area is 252 Å². The van der Waals surface area contributed by atoms with Crippen molar-refractivity contribution in [2.24, 2.45) is 28.0 Å². The topological polar surface area (TPSA) is 94.8 Å². The second kappa shape index (κ2) is 11.0. The normalized spacial score (nSPS) is 24.0. The number of aryl methyl sites for hydroxylation is 1. The third-order valence-corrected chi connectivity index (χ3v) is 9.39. The van der Waals surface area contributed by atoms with Crippen LogP contribution in [0.2, 0.25) is 0 Å². The van der Waals surface area contributed by atoms with E-state index in [4.69, 9.17) is 14.9 Å². The molecule has 3 heterocycles. The molecule has 0 radical (unpaired) electrons.